The van der Waals surface area contributed by atoms with Crippen molar-refractivity contribution in [1.82, 2.24) is 9.71 Å². The minimum atomic E-state index is -5.00. The lowest BCUT2D eigenvalue weighted by Crippen LogP contribution is -2.41. The maximum Gasteiger partial charge on any atom is 0.573 e. The Labute approximate surface area is 246 Å². The van der Waals surface area contributed by atoms with Gasteiger partial charge in [0.1, 0.15) is 5.75 Å². The number of aliphatic hydroxyl groups is 1. The Kier molecular flexibility index (Phi) is 7.57. The first-order chi connectivity index (χ1) is 20.1. The molecule has 0 fully saturated rings. The van der Waals surface area contributed by atoms with E-state index in [-0.39, 0.29) is 28.3 Å². The molecule has 0 aliphatic carbocycles. The Morgan fingerprint density at radius 3 is 2.09 bits per heavy atom. The molecule has 1 aliphatic heterocycles. The van der Waals surface area contributed by atoms with E-state index < -0.39 is 39.2 Å². The lowest BCUT2D eigenvalue weighted by atomic mass is 9.87. The summed E-state index contributed by atoms with van der Waals surface area (Å²) in [7, 11) is -3.93. The number of nitrogens with one attached hydrogen (secondary N) is 1. The van der Waals surface area contributed by atoms with Crippen molar-refractivity contribution in [3.63, 3.8) is 0 Å². The number of carbonyl (C=O) groups excluding carboxylic acids is 1. The Balaban J connectivity index is 1.53. The van der Waals surface area contributed by atoms with E-state index >= 15 is 0 Å². The number of hydrogen-bond donors (Lipinski definition) is 2. The molecule has 5 rings (SSSR count). The summed E-state index contributed by atoms with van der Waals surface area (Å²) in [6, 6.07) is 19.4. The van der Waals surface area contributed by atoms with Crippen LogP contribution in [-0.4, -0.2) is 36.3 Å². The van der Waals surface area contributed by atoms with Crippen LogP contribution in [0.4, 0.5) is 18.9 Å². The van der Waals surface area contributed by atoms with Crippen molar-refractivity contribution in [1.29, 1.82) is 0 Å². The smallest absolute Gasteiger partial charge is 0.406 e. The van der Waals surface area contributed by atoms with Gasteiger partial charge in [0.25, 0.3) is 5.91 Å². The maximum atomic E-state index is 13.9. The van der Waals surface area contributed by atoms with Crippen LogP contribution in [-0.2, 0) is 27.0 Å². The van der Waals surface area contributed by atoms with Gasteiger partial charge in [-0.15, -0.1) is 13.2 Å². The first-order valence-electron chi connectivity index (χ1n) is 13.2. The Hall–Kier alpha value is -4.26. The van der Waals surface area contributed by atoms with Gasteiger partial charge in [-0.1, -0.05) is 36.4 Å². The molecule has 1 aliphatic rings. The first-order valence-corrected chi connectivity index (χ1v) is 14.6. The summed E-state index contributed by atoms with van der Waals surface area (Å²) in [6.07, 6.45) is -1.66. The molecule has 3 aromatic carbocycles. The number of carbonyl (C=O) groups is 1. The minimum absolute atomic E-state index is 0.00616. The van der Waals surface area contributed by atoms with Gasteiger partial charge >= 0.3 is 6.36 Å². The summed E-state index contributed by atoms with van der Waals surface area (Å²) in [5.74, 6) is -1.43. The van der Waals surface area contributed by atoms with Crippen molar-refractivity contribution in [3.8, 4) is 16.9 Å². The van der Waals surface area contributed by atoms with Crippen molar-refractivity contribution >= 4 is 21.6 Å². The van der Waals surface area contributed by atoms with Crippen LogP contribution >= 0.6 is 0 Å². The molecular formula is C31H28F3N3O5S. The van der Waals surface area contributed by atoms with E-state index in [0.717, 1.165) is 23.3 Å². The molecule has 2 heterocycles. The summed E-state index contributed by atoms with van der Waals surface area (Å²) >= 11 is 0. The lowest BCUT2D eigenvalue weighted by molar-refractivity contribution is -0.274. The van der Waals surface area contributed by atoms with Gasteiger partial charge in [-0.2, -0.15) is 0 Å². The first kappa shape index (κ1) is 30.2. The number of alkyl halides is 3. The molecule has 1 aromatic heterocycles. The summed E-state index contributed by atoms with van der Waals surface area (Å²) in [6.45, 7) is 5.04. The highest BCUT2D eigenvalue weighted by Gasteiger charge is 2.51. The monoisotopic (exact) mass is 611 g/mol. The number of pyridine rings is 1. The average molecular weight is 612 g/mol. The average Bonchev–Trinajstić information content (AvgIpc) is 3.14. The van der Waals surface area contributed by atoms with Crippen LogP contribution < -0.4 is 14.4 Å². The predicted octanol–water partition coefficient (Wildman–Crippen LogP) is 5.51. The third-order valence-electron chi connectivity index (χ3n) is 6.77. The number of rotatable bonds is 7. The van der Waals surface area contributed by atoms with Crippen LogP contribution in [0.25, 0.3) is 11.1 Å². The molecular weight excluding hydrogens is 583 g/mol. The van der Waals surface area contributed by atoms with E-state index in [2.05, 4.69) is 14.4 Å². The normalized spacial score (nSPS) is 17.2. The Morgan fingerprint density at radius 2 is 1.51 bits per heavy atom. The van der Waals surface area contributed by atoms with Crippen molar-refractivity contribution in [3.05, 3.63) is 108 Å². The molecule has 8 nitrogen and oxygen atoms in total. The van der Waals surface area contributed by atoms with Crippen molar-refractivity contribution < 1.29 is 36.2 Å². The number of fused-ring (bicyclic) bond motifs is 1. The van der Waals surface area contributed by atoms with Crippen LogP contribution in [0.1, 0.15) is 37.5 Å². The number of anilines is 1. The van der Waals surface area contributed by atoms with Crippen LogP contribution in [0.2, 0.25) is 0 Å². The van der Waals surface area contributed by atoms with Crippen LogP contribution in [0.15, 0.2) is 96.2 Å². The highest BCUT2D eigenvalue weighted by Crippen LogP contribution is 2.47. The van der Waals surface area contributed by atoms with Gasteiger partial charge in [0.05, 0.1) is 17.1 Å². The van der Waals surface area contributed by atoms with E-state index in [1.54, 1.807) is 33.2 Å². The third-order valence-corrected chi connectivity index (χ3v) is 8.54. The number of aromatic nitrogens is 1. The van der Waals surface area contributed by atoms with Crippen LogP contribution in [0, 0.1) is 0 Å². The van der Waals surface area contributed by atoms with E-state index in [9.17, 15) is 31.5 Å². The number of nitrogens with zero attached hydrogens (tertiary/aromatic N) is 2. The summed E-state index contributed by atoms with van der Waals surface area (Å²) < 4.78 is 71.3. The number of benzene rings is 3. The predicted molar refractivity (Wildman–Crippen MR) is 154 cm³/mol. The largest absolute Gasteiger partial charge is 0.573 e. The number of amides is 1. The summed E-state index contributed by atoms with van der Waals surface area (Å²) in [4.78, 5) is 19.1. The molecule has 1 unspecified atom stereocenters. The fourth-order valence-electron chi connectivity index (χ4n) is 4.96. The topological polar surface area (TPSA) is 109 Å². The highest BCUT2D eigenvalue weighted by atomic mass is 32.2. The van der Waals surface area contributed by atoms with Crippen molar-refractivity contribution in [2.24, 2.45) is 0 Å². The number of sulfonamides is 1. The van der Waals surface area contributed by atoms with E-state index in [0.29, 0.717) is 5.56 Å². The highest BCUT2D eigenvalue weighted by molar-refractivity contribution is 7.89. The zero-order valence-corrected chi connectivity index (χ0v) is 24.2. The van der Waals surface area contributed by atoms with Crippen molar-refractivity contribution in [2.45, 2.75) is 49.7 Å². The van der Waals surface area contributed by atoms with Gasteiger partial charge in [-0.05, 0) is 85.5 Å². The molecule has 0 spiro atoms. The number of ether oxygens (including phenoxy) is 1. The Morgan fingerprint density at radius 1 is 0.907 bits per heavy atom. The van der Waals surface area contributed by atoms with E-state index in [1.165, 1.54) is 35.2 Å². The molecule has 2 N–H and O–H groups in total. The number of hydrogen-bond acceptors (Lipinski definition) is 6. The molecule has 43 heavy (non-hydrogen) atoms. The van der Waals surface area contributed by atoms with Crippen LogP contribution in [0.3, 0.4) is 0 Å². The van der Waals surface area contributed by atoms with Gasteiger partial charge in [0.15, 0.2) is 5.60 Å². The molecule has 4 aromatic rings. The van der Waals surface area contributed by atoms with E-state index in [1.807, 2.05) is 36.4 Å². The van der Waals surface area contributed by atoms with Crippen molar-refractivity contribution in [2.75, 3.05) is 4.90 Å². The second-order valence-corrected chi connectivity index (χ2v) is 12.8. The molecule has 1 amide bonds. The molecule has 0 radical (unpaired) electrons. The molecule has 1 atom stereocenters. The third kappa shape index (κ3) is 6.26. The standard InChI is InChI=1S/C31H28F3N3O5S/c1-29(2,3)36-43(40,41)25-11-8-23(9-12-25)30(39)26-18-24(42-31(32,33)34)10-13-27(26)37(28(30)38)19-20-4-6-21(7-5-20)22-14-16-35-17-15-22/h4-18,36,39H,19H2,1-3H3. The fraction of sp³-hybridized carbons (Fsp3) is 0.226. The van der Waals surface area contributed by atoms with Gasteiger partial charge in [-0.3, -0.25) is 9.78 Å². The fourth-order valence-corrected chi connectivity index (χ4v) is 6.38. The van der Waals surface area contributed by atoms with Gasteiger partial charge in [-0.25, -0.2) is 13.1 Å². The van der Waals surface area contributed by atoms with E-state index in [4.69, 9.17) is 0 Å². The van der Waals surface area contributed by atoms with Gasteiger partial charge < -0.3 is 14.7 Å². The quantitative estimate of drug-likeness (QED) is 0.286. The second-order valence-electron chi connectivity index (χ2n) is 11.1. The van der Waals surface area contributed by atoms with Gasteiger partial charge in [0, 0.05) is 23.5 Å². The van der Waals surface area contributed by atoms with Gasteiger partial charge in [0.2, 0.25) is 10.0 Å². The maximum absolute atomic E-state index is 13.9. The lowest BCUT2D eigenvalue weighted by Gasteiger charge is -2.25. The summed E-state index contributed by atoms with van der Waals surface area (Å²) in [5.41, 5.74) is -0.583. The van der Waals surface area contributed by atoms with Crippen LogP contribution in [0.5, 0.6) is 5.75 Å². The molecule has 0 saturated heterocycles. The zero-order chi connectivity index (χ0) is 31.2. The summed E-state index contributed by atoms with van der Waals surface area (Å²) in [5, 5.41) is 11.9. The molecule has 0 bridgehead atoms. The molecule has 12 heteroatoms. The SMILES string of the molecule is CC(C)(C)NS(=O)(=O)c1ccc(C2(O)C(=O)N(Cc3ccc(-c4ccncc4)cc3)c3ccc(OC(F)(F)F)cc32)cc1. The second kappa shape index (κ2) is 10.8. The molecule has 0 saturated carbocycles. The molecule has 224 valence electrons. The number of halogens is 3. The zero-order valence-electron chi connectivity index (χ0n) is 23.4. The minimum Gasteiger partial charge on any atom is -0.406 e. The Bertz CT molecular complexity index is 1760.